The smallest absolute Gasteiger partial charge is 0.136 e. The molecule has 0 radical (unpaired) electrons. The average Bonchev–Trinajstić information content (AvgIpc) is 2.49. The maximum Gasteiger partial charge on any atom is 0.136 e. The fourth-order valence-electron chi connectivity index (χ4n) is 2.93. The highest BCUT2D eigenvalue weighted by Gasteiger charge is 2.39. The van der Waals surface area contributed by atoms with Gasteiger partial charge in [0.1, 0.15) is 11.9 Å². The molecule has 4 heteroatoms. The summed E-state index contributed by atoms with van der Waals surface area (Å²) in [7, 11) is 0. The molecule has 1 aromatic heterocycles. The summed E-state index contributed by atoms with van der Waals surface area (Å²) in [6, 6.07) is 10.1. The summed E-state index contributed by atoms with van der Waals surface area (Å²) in [5, 5.41) is 22.8. The average molecular weight is 272 g/mol. The third kappa shape index (κ3) is 2.15. The van der Waals surface area contributed by atoms with Crippen LogP contribution in [0.4, 0.5) is 5.82 Å². The molecule has 2 heterocycles. The number of nitrogens with zero attached hydrogens (tertiary/aromatic N) is 2. The quantitative estimate of drug-likeness (QED) is 0.877. The molecule has 4 nitrogen and oxygen atoms in total. The van der Waals surface area contributed by atoms with E-state index >= 15 is 0 Å². The molecule has 3 rings (SSSR count). The lowest BCUT2D eigenvalue weighted by atomic mass is 9.86. The molecule has 106 valence electrons. The molecular formula is C16H20N2O2. The van der Waals surface area contributed by atoms with Crippen LogP contribution in [0, 0.1) is 0 Å². The Morgan fingerprint density at radius 2 is 2.15 bits per heavy atom. The number of β-amino-alcohol motifs (C(OH)–C–C–N with tert-alkyl or cyclic N) is 1. The van der Waals surface area contributed by atoms with Crippen molar-refractivity contribution in [3.8, 4) is 0 Å². The van der Waals surface area contributed by atoms with E-state index in [2.05, 4.69) is 16.0 Å². The number of hydrogen-bond acceptors (Lipinski definition) is 4. The van der Waals surface area contributed by atoms with Crippen molar-refractivity contribution < 1.29 is 10.2 Å². The number of rotatable bonds is 2. The third-order valence-electron chi connectivity index (χ3n) is 4.39. The second-order valence-corrected chi connectivity index (χ2v) is 5.52. The largest absolute Gasteiger partial charge is 0.388 e. The van der Waals surface area contributed by atoms with E-state index in [4.69, 9.17) is 0 Å². The number of aliphatic hydroxyl groups is 2. The summed E-state index contributed by atoms with van der Waals surface area (Å²) in [6.07, 6.45) is 2.20. The van der Waals surface area contributed by atoms with E-state index in [-0.39, 0.29) is 0 Å². The topological polar surface area (TPSA) is 56.6 Å². The zero-order chi connectivity index (χ0) is 14.2. The van der Waals surface area contributed by atoms with E-state index in [0.717, 1.165) is 16.6 Å². The number of aliphatic hydroxyl groups excluding tert-OH is 1. The summed E-state index contributed by atoms with van der Waals surface area (Å²) in [4.78, 5) is 6.54. The molecule has 2 atom stereocenters. The zero-order valence-corrected chi connectivity index (χ0v) is 11.7. The summed E-state index contributed by atoms with van der Waals surface area (Å²) in [6.45, 7) is 3.04. The maximum absolute atomic E-state index is 10.3. The summed E-state index contributed by atoms with van der Waals surface area (Å²) < 4.78 is 0. The van der Waals surface area contributed by atoms with Crippen molar-refractivity contribution in [2.45, 2.75) is 31.5 Å². The van der Waals surface area contributed by atoms with Gasteiger partial charge in [-0.2, -0.15) is 0 Å². The van der Waals surface area contributed by atoms with E-state index in [1.807, 2.05) is 31.2 Å². The van der Waals surface area contributed by atoms with Crippen LogP contribution in [-0.4, -0.2) is 40.0 Å². The van der Waals surface area contributed by atoms with Crippen molar-refractivity contribution in [3.05, 3.63) is 36.5 Å². The number of fused-ring (bicyclic) bond motifs is 1. The molecule has 0 spiro atoms. The molecule has 1 aliphatic rings. The molecule has 1 aromatic carbocycles. The first-order valence-corrected chi connectivity index (χ1v) is 7.13. The second kappa shape index (κ2) is 5.04. The van der Waals surface area contributed by atoms with Crippen molar-refractivity contribution in [2.24, 2.45) is 0 Å². The molecule has 0 unspecified atom stereocenters. The lowest BCUT2D eigenvalue weighted by molar-refractivity contribution is -0.0879. The Labute approximate surface area is 118 Å². The van der Waals surface area contributed by atoms with E-state index in [1.165, 1.54) is 0 Å². The molecular weight excluding hydrogens is 252 g/mol. The minimum atomic E-state index is -0.957. The maximum atomic E-state index is 10.3. The van der Waals surface area contributed by atoms with Crippen molar-refractivity contribution in [1.29, 1.82) is 0 Å². The van der Waals surface area contributed by atoms with Crippen LogP contribution in [0.5, 0.6) is 0 Å². The monoisotopic (exact) mass is 272 g/mol. The van der Waals surface area contributed by atoms with Gasteiger partial charge >= 0.3 is 0 Å². The van der Waals surface area contributed by atoms with Crippen molar-refractivity contribution in [3.63, 3.8) is 0 Å². The first kappa shape index (κ1) is 13.3. The molecule has 2 aromatic rings. The number of aromatic nitrogens is 1. The van der Waals surface area contributed by atoms with Gasteiger partial charge in [-0.3, -0.25) is 0 Å². The predicted octanol–water partition coefficient (Wildman–Crippen LogP) is 1.95. The first-order valence-electron chi connectivity index (χ1n) is 7.13. The third-order valence-corrected chi connectivity index (χ3v) is 4.39. The van der Waals surface area contributed by atoms with Crippen LogP contribution in [0.1, 0.15) is 19.8 Å². The van der Waals surface area contributed by atoms with Gasteiger partial charge in [0, 0.05) is 24.7 Å². The Hall–Kier alpha value is -1.65. The predicted molar refractivity (Wildman–Crippen MR) is 79.8 cm³/mol. The van der Waals surface area contributed by atoms with E-state index in [1.54, 1.807) is 6.20 Å². The van der Waals surface area contributed by atoms with Crippen molar-refractivity contribution in [1.82, 2.24) is 4.98 Å². The number of benzene rings is 1. The minimum absolute atomic E-state index is 0.422. The Kier molecular flexibility index (Phi) is 3.36. The van der Waals surface area contributed by atoms with E-state index < -0.39 is 11.7 Å². The van der Waals surface area contributed by atoms with Gasteiger partial charge < -0.3 is 15.1 Å². The Morgan fingerprint density at radius 3 is 2.90 bits per heavy atom. The van der Waals surface area contributed by atoms with Gasteiger partial charge in [0.15, 0.2) is 0 Å². The fraction of sp³-hybridized carbons (Fsp3) is 0.438. The molecule has 0 aliphatic carbocycles. The van der Waals surface area contributed by atoms with Crippen molar-refractivity contribution in [2.75, 3.05) is 18.0 Å². The fourth-order valence-corrected chi connectivity index (χ4v) is 2.93. The van der Waals surface area contributed by atoms with Gasteiger partial charge in [-0.1, -0.05) is 31.2 Å². The standard InChI is InChI=1S/C16H20N2O2/c1-2-16(20)8-10-18(11-14(16)19)15-13-6-4-3-5-12(13)7-9-17-15/h3-7,9,14,19-20H,2,8,10-11H2,1H3/t14-,16-/m1/s1. The minimum Gasteiger partial charge on any atom is -0.388 e. The number of hydrogen-bond donors (Lipinski definition) is 2. The molecule has 1 saturated heterocycles. The lowest BCUT2D eigenvalue weighted by Gasteiger charge is -2.42. The summed E-state index contributed by atoms with van der Waals surface area (Å²) >= 11 is 0. The van der Waals surface area contributed by atoms with Crippen LogP contribution >= 0.6 is 0 Å². The molecule has 0 bridgehead atoms. The van der Waals surface area contributed by atoms with E-state index in [9.17, 15) is 10.2 Å². The van der Waals surface area contributed by atoms with Crippen LogP contribution in [-0.2, 0) is 0 Å². The van der Waals surface area contributed by atoms with Crippen LogP contribution in [0.2, 0.25) is 0 Å². The molecule has 0 amide bonds. The summed E-state index contributed by atoms with van der Waals surface area (Å²) in [5.74, 6) is 0.889. The van der Waals surface area contributed by atoms with Crippen LogP contribution in [0.15, 0.2) is 36.5 Å². The molecule has 1 fully saturated rings. The van der Waals surface area contributed by atoms with Gasteiger partial charge in [-0.25, -0.2) is 4.98 Å². The number of anilines is 1. The Balaban J connectivity index is 1.94. The Bertz CT molecular complexity index is 611. The molecule has 2 N–H and O–H groups in total. The highest BCUT2D eigenvalue weighted by atomic mass is 16.3. The normalized spacial score (nSPS) is 26.9. The van der Waals surface area contributed by atoms with Gasteiger partial charge in [-0.15, -0.1) is 0 Å². The number of piperidine rings is 1. The second-order valence-electron chi connectivity index (χ2n) is 5.52. The van der Waals surface area contributed by atoms with Crippen LogP contribution in [0.25, 0.3) is 10.8 Å². The van der Waals surface area contributed by atoms with E-state index in [0.29, 0.717) is 25.9 Å². The molecule has 0 saturated carbocycles. The zero-order valence-electron chi connectivity index (χ0n) is 11.7. The van der Waals surface area contributed by atoms with Gasteiger partial charge in [0.25, 0.3) is 0 Å². The van der Waals surface area contributed by atoms with Crippen LogP contribution in [0.3, 0.4) is 0 Å². The number of pyridine rings is 1. The van der Waals surface area contributed by atoms with Crippen molar-refractivity contribution >= 4 is 16.6 Å². The van der Waals surface area contributed by atoms with Crippen LogP contribution < -0.4 is 4.90 Å². The van der Waals surface area contributed by atoms with Gasteiger partial charge in [0.05, 0.1) is 5.60 Å². The Morgan fingerprint density at radius 1 is 1.35 bits per heavy atom. The highest BCUT2D eigenvalue weighted by molar-refractivity contribution is 5.92. The highest BCUT2D eigenvalue weighted by Crippen LogP contribution is 2.31. The SMILES string of the molecule is CC[C@@]1(O)CCN(c2nccc3ccccc23)C[C@H]1O. The summed E-state index contributed by atoms with van der Waals surface area (Å²) in [5.41, 5.74) is -0.957. The van der Waals surface area contributed by atoms with Gasteiger partial charge in [0.2, 0.25) is 0 Å². The lowest BCUT2D eigenvalue weighted by Crippen LogP contribution is -2.55. The van der Waals surface area contributed by atoms with Gasteiger partial charge in [-0.05, 0) is 24.3 Å². The molecule has 20 heavy (non-hydrogen) atoms. The molecule has 1 aliphatic heterocycles. The first-order chi connectivity index (χ1) is 9.64.